The lowest BCUT2D eigenvalue weighted by molar-refractivity contribution is -0.146. The Kier molecular flexibility index (Phi) is 7.61. The van der Waals surface area contributed by atoms with Gasteiger partial charge in [-0.05, 0) is 25.5 Å². The predicted molar refractivity (Wildman–Crippen MR) is 89.3 cm³/mol. The number of amides is 2. The summed E-state index contributed by atoms with van der Waals surface area (Å²) in [6, 6.07) is 6.02. The molecule has 1 aromatic carbocycles. The second kappa shape index (κ2) is 9.19. The van der Waals surface area contributed by atoms with E-state index in [0.29, 0.717) is 0 Å². The number of hydrogen-bond acceptors (Lipinski definition) is 5. The zero-order chi connectivity index (χ0) is 17.4. The molecule has 6 nitrogen and oxygen atoms in total. The highest BCUT2D eigenvalue weighted by Gasteiger charge is 2.11. The molecular formula is C16H22N2O4S. The molecule has 1 aromatic rings. The predicted octanol–water partition coefficient (Wildman–Crippen LogP) is 1.14. The van der Waals surface area contributed by atoms with E-state index in [-0.39, 0.29) is 24.8 Å². The number of thioether (sulfide) groups is 1. The first-order chi connectivity index (χ1) is 10.8. The smallest absolute Gasteiger partial charge is 0.316 e. The molecule has 0 fully saturated rings. The summed E-state index contributed by atoms with van der Waals surface area (Å²) in [5.74, 6) is -1.06. The van der Waals surface area contributed by atoms with Crippen molar-refractivity contribution in [1.29, 1.82) is 0 Å². The van der Waals surface area contributed by atoms with Gasteiger partial charge in [-0.3, -0.25) is 14.4 Å². The molecule has 0 radical (unpaired) electrons. The van der Waals surface area contributed by atoms with E-state index in [1.54, 1.807) is 14.1 Å². The zero-order valence-electron chi connectivity index (χ0n) is 13.8. The van der Waals surface area contributed by atoms with Crippen molar-refractivity contribution in [3.8, 4) is 0 Å². The Morgan fingerprint density at radius 3 is 2.57 bits per heavy atom. The highest BCUT2D eigenvalue weighted by Crippen LogP contribution is 2.23. The monoisotopic (exact) mass is 338 g/mol. The van der Waals surface area contributed by atoms with Crippen molar-refractivity contribution in [3.05, 3.63) is 29.3 Å². The summed E-state index contributed by atoms with van der Waals surface area (Å²) in [6.07, 6.45) is 0. The number of carbonyl (C=O) groups excluding carboxylic acids is 3. The lowest BCUT2D eigenvalue weighted by Gasteiger charge is -2.11. The van der Waals surface area contributed by atoms with Gasteiger partial charge in [0.05, 0.1) is 12.3 Å². The van der Waals surface area contributed by atoms with Crippen molar-refractivity contribution < 1.29 is 19.1 Å². The van der Waals surface area contributed by atoms with Crippen LogP contribution in [0.1, 0.15) is 11.1 Å². The lowest BCUT2D eigenvalue weighted by atomic mass is 10.2. The number of esters is 1. The first kappa shape index (κ1) is 19.0. The lowest BCUT2D eigenvalue weighted by Crippen LogP contribution is -2.38. The molecule has 0 saturated heterocycles. The third kappa shape index (κ3) is 7.19. The number of aryl methyl sites for hydroxylation is 2. The highest BCUT2D eigenvalue weighted by molar-refractivity contribution is 8.00. The number of nitrogens with one attached hydrogen (secondary N) is 1. The molecule has 23 heavy (non-hydrogen) atoms. The largest absolute Gasteiger partial charge is 0.455 e. The van der Waals surface area contributed by atoms with Crippen LogP contribution in [0.4, 0.5) is 0 Å². The fourth-order valence-electron chi connectivity index (χ4n) is 1.57. The van der Waals surface area contributed by atoms with Gasteiger partial charge in [0, 0.05) is 19.0 Å². The van der Waals surface area contributed by atoms with Gasteiger partial charge in [0.25, 0.3) is 5.91 Å². The van der Waals surface area contributed by atoms with Gasteiger partial charge in [0.15, 0.2) is 6.61 Å². The van der Waals surface area contributed by atoms with Gasteiger partial charge in [0.1, 0.15) is 0 Å². The molecule has 0 atom stereocenters. The van der Waals surface area contributed by atoms with Gasteiger partial charge >= 0.3 is 5.97 Å². The van der Waals surface area contributed by atoms with E-state index in [4.69, 9.17) is 4.74 Å². The molecule has 0 aromatic heterocycles. The van der Waals surface area contributed by atoms with Gasteiger partial charge in [-0.2, -0.15) is 0 Å². The van der Waals surface area contributed by atoms with E-state index in [1.165, 1.54) is 16.7 Å². The Labute approximate surface area is 140 Å². The number of carbonyl (C=O) groups is 3. The van der Waals surface area contributed by atoms with Crippen LogP contribution < -0.4 is 5.32 Å². The van der Waals surface area contributed by atoms with Crippen LogP contribution in [-0.4, -0.2) is 55.7 Å². The van der Waals surface area contributed by atoms with Crippen LogP contribution >= 0.6 is 11.8 Å². The summed E-state index contributed by atoms with van der Waals surface area (Å²) in [6.45, 7) is 3.47. The van der Waals surface area contributed by atoms with Crippen molar-refractivity contribution in [1.82, 2.24) is 10.2 Å². The van der Waals surface area contributed by atoms with Crippen molar-refractivity contribution in [2.75, 3.05) is 33.0 Å². The summed E-state index contributed by atoms with van der Waals surface area (Å²) in [5.41, 5.74) is 2.21. The van der Waals surface area contributed by atoms with E-state index in [0.717, 1.165) is 16.0 Å². The van der Waals surface area contributed by atoms with Gasteiger partial charge < -0.3 is 15.0 Å². The molecule has 0 unspecified atom stereocenters. The number of hydrogen-bond donors (Lipinski definition) is 1. The third-order valence-electron chi connectivity index (χ3n) is 2.99. The Balaban J connectivity index is 2.30. The summed E-state index contributed by atoms with van der Waals surface area (Å²) in [7, 11) is 3.19. The minimum atomic E-state index is -0.495. The number of ether oxygens (including phenoxy) is 1. The molecule has 0 aliphatic carbocycles. The minimum absolute atomic E-state index is 0.110. The summed E-state index contributed by atoms with van der Waals surface area (Å²) >= 11 is 1.38. The van der Waals surface area contributed by atoms with Gasteiger partial charge in [-0.25, -0.2) is 0 Å². The van der Waals surface area contributed by atoms with Crippen LogP contribution in [0.5, 0.6) is 0 Å². The molecule has 1 N–H and O–H groups in total. The molecule has 2 amide bonds. The van der Waals surface area contributed by atoms with Crippen LogP contribution in [0.3, 0.4) is 0 Å². The molecule has 0 aliphatic rings. The number of likely N-dealkylation sites (N-methyl/N-ethyl adjacent to an activating group) is 1. The van der Waals surface area contributed by atoms with Gasteiger partial charge in [-0.15, -0.1) is 11.8 Å². The van der Waals surface area contributed by atoms with Crippen molar-refractivity contribution >= 4 is 29.5 Å². The Morgan fingerprint density at radius 2 is 1.91 bits per heavy atom. The molecule has 126 valence electrons. The maximum absolute atomic E-state index is 11.7. The van der Waals surface area contributed by atoms with E-state index in [1.807, 2.05) is 32.0 Å². The maximum Gasteiger partial charge on any atom is 0.316 e. The molecule has 0 saturated carbocycles. The van der Waals surface area contributed by atoms with Crippen molar-refractivity contribution in [2.45, 2.75) is 18.7 Å². The van der Waals surface area contributed by atoms with Crippen LogP contribution in [-0.2, 0) is 19.1 Å². The topological polar surface area (TPSA) is 75.7 Å². The summed E-state index contributed by atoms with van der Waals surface area (Å²) < 4.78 is 4.89. The second-order valence-corrected chi connectivity index (χ2v) is 6.30. The number of benzene rings is 1. The Bertz CT molecular complexity index is 587. The van der Waals surface area contributed by atoms with Crippen molar-refractivity contribution in [3.63, 3.8) is 0 Å². The van der Waals surface area contributed by atoms with Gasteiger partial charge in [-0.1, -0.05) is 17.7 Å². The molecule has 0 aliphatic heterocycles. The SMILES string of the molecule is Cc1ccc(C)c(SCC(=O)OCC(=O)NCC(=O)N(C)C)c1. The highest BCUT2D eigenvalue weighted by atomic mass is 32.2. The third-order valence-corrected chi connectivity index (χ3v) is 4.12. The maximum atomic E-state index is 11.7. The van der Waals surface area contributed by atoms with E-state index < -0.39 is 11.9 Å². The number of nitrogens with zero attached hydrogens (tertiary/aromatic N) is 1. The quantitative estimate of drug-likeness (QED) is 0.596. The Hall–Kier alpha value is -2.02. The van der Waals surface area contributed by atoms with Crippen LogP contribution in [0, 0.1) is 13.8 Å². The average Bonchev–Trinajstić information content (AvgIpc) is 2.51. The molecule has 0 spiro atoms. The fourth-order valence-corrected chi connectivity index (χ4v) is 2.49. The second-order valence-electron chi connectivity index (χ2n) is 5.28. The molecule has 7 heteroatoms. The summed E-state index contributed by atoms with van der Waals surface area (Å²) in [5, 5.41) is 2.40. The van der Waals surface area contributed by atoms with Crippen LogP contribution in [0.2, 0.25) is 0 Å². The molecule has 1 rings (SSSR count). The molecular weight excluding hydrogens is 316 g/mol. The van der Waals surface area contributed by atoms with E-state index in [9.17, 15) is 14.4 Å². The first-order valence-electron chi connectivity index (χ1n) is 7.12. The van der Waals surface area contributed by atoms with E-state index in [2.05, 4.69) is 5.32 Å². The van der Waals surface area contributed by atoms with E-state index >= 15 is 0 Å². The van der Waals surface area contributed by atoms with Crippen LogP contribution in [0.25, 0.3) is 0 Å². The summed E-state index contributed by atoms with van der Waals surface area (Å²) in [4.78, 5) is 36.8. The zero-order valence-corrected chi connectivity index (χ0v) is 14.7. The minimum Gasteiger partial charge on any atom is -0.455 e. The Morgan fingerprint density at radius 1 is 1.22 bits per heavy atom. The first-order valence-corrected chi connectivity index (χ1v) is 8.10. The number of rotatable bonds is 7. The standard InChI is InChI=1S/C16H22N2O4S/c1-11-5-6-12(2)13(7-11)23-10-16(21)22-9-14(19)17-8-15(20)18(3)4/h5-7H,8-10H2,1-4H3,(H,17,19). The van der Waals surface area contributed by atoms with Gasteiger partial charge in [0.2, 0.25) is 5.91 Å². The van der Waals surface area contributed by atoms with Crippen molar-refractivity contribution in [2.24, 2.45) is 0 Å². The normalized spacial score (nSPS) is 10.1. The average molecular weight is 338 g/mol. The van der Waals surface area contributed by atoms with Crippen LogP contribution in [0.15, 0.2) is 23.1 Å². The molecule has 0 bridgehead atoms. The fraction of sp³-hybridized carbons (Fsp3) is 0.438. The molecule has 0 heterocycles.